The van der Waals surface area contributed by atoms with Crippen LogP contribution in [-0.2, 0) is 4.74 Å². The lowest BCUT2D eigenvalue weighted by atomic mass is 10.3. The van der Waals surface area contributed by atoms with Crippen LogP contribution in [0.5, 0.6) is 5.75 Å². The number of rotatable bonds is 4. The van der Waals surface area contributed by atoms with Crippen LogP contribution in [0.1, 0.15) is 17.4 Å². The topological polar surface area (TPSA) is 61.6 Å². The maximum atomic E-state index is 11.6. The van der Waals surface area contributed by atoms with Crippen LogP contribution in [0.4, 0.5) is 0 Å². The van der Waals surface area contributed by atoms with Gasteiger partial charge in [-0.2, -0.15) is 0 Å². The number of carbonyl (C=O) groups excluding carboxylic acids is 1. The van der Waals surface area contributed by atoms with E-state index in [0.29, 0.717) is 12.4 Å². The maximum Gasteiger partial charge on any atom is 0.361 e. The first kappa shape index (κ1) is 11.7. The number of oxazole rings is 1. The molecule has 17 heavy (non-hydrogen) atoms. The van der Waals surface area contributed by atoms with Gasteiger partial charge in [-0.15, -0.1) is 11.3 Å². The van der Waals surface area contributed by atoms with E-state index in [1.54, 1.807) is 20.1 Å². The van der Waals surface area contributed by atoms with Crippen LogP contribution < -0.4 is 4.74 Å². The molecule has 0 aliphatic carbocycles. The lowest BCUT2D eigenvalue weighted by Gasteiger charge is -1.98. The van der Waals surface area contributed by atoms with Gasteiger partial charge in [0.1, 0.15) is 5.75 Å². The molecule has 2 heterocycles. The molecule has 0 N–H and O–H groups in total. The van der Waals surface area contributed by atoms with Crippen molar-refractivity contribution in [2.24, 2.45) is 0 Å². The molecule has 0 bridgehead atoms. The van der Waals surface area contributed by atoms with E-state index in [-0.39, 0.29) is 5.69 Å². The number of carbonyl (C=O) groups is 1. The number of methoxy groups -OCH3 is 1. The van der Waals surface area contributed by atoms with Crippen molar-refractivity contribution in [1.82, 2.24) is 4.98 Å². The molecule has 0 spiro atoms. The second kappa shape index (κ2) is 5.01. The van der Waals surface area contributed by atoms with Gasteiger partial charge in [-0.1, -0.05) is 0 Å². The average Bonchev–Trinajstić information content (AvgIpc) is 2.97. The molecule has 0 unspecified atom stereocenters. The summed E-state index contributed by atoms with van der Waals surface area (Å²) in [6.45, 7) is 2.05. The number of aromatic nitrogens is 1. The summed E-state index contributed by atoms with van der Waals surface area (Å²) >= 11 is 1.41. The molecule has 2 aromatic heterocycles. The number of hydrogen-bond acceptors (Lipinski definition) is 6. The smallest absolute Gasteiger partial charge is 0.361 e. The van der Waals surface area contributed by atoms with E-state index in [2.05, 4.69) is 4.98 Å². The van der Waals surface area contributed by atoms with E-state index >= 15 is 0 Å². The Morgan fingerprint density at radius 1 is 1.59 bits per heavy atom. The molecule has 2 rings (SSSR count). The van der Waals surface area contributed by atoms with Crippen molar-refractivity contribution in [2.45, 2.75) is 6.92 Å². The van der Waals surface area contributed by atoms with Crippen LogP contribution in [0.15, 0.2) is 22.3 Å². The normalized spacial score (nSPS) is 10.2. The minimum Gasteiger partial charge on any atom is -0.496 e. The Balaban J connectivity index is 2.33. The molecule has 5 nitrogen and oxygen atoms in total. The van der Waals surface area contributed by atoms with Gasteiger partial charge >= 0.3 is 5.97 Å². The predicted octanol–water partition coefficient (Wildman–Crippen LogP) is 2.59. The van der Waals surface area contributed by atoms with Crippen LogP contribution in [0.3, 0.4) is 0 Å². The van der Waals surface area contributed by atoms with Crippen LogP contribution in [0.2, 0.25) is 0 Å². The van der Waals surface area contributed by atoms with Gasteiger partial charge in [0.2, 0.25) is 0 Å². The van der Waals surface area contributed by atoms with Crippen molar-refractivity contribution < 1.29 is 18.7 Å². The van der Waals surface area contributed by atoms with Gasteiger partial charge in [-0.25, -0.2) is 9.78 Å². The predicted molar refractivity (Wildman–Crippen MR) is 62.3 cm³/mol. The summed E-state index contributed by atoms with van der Waals surface area (Å²) in [6, 6.07) is 1.79. The second-order valence-electron chi connectivity index (χ2n) is 3.10. The van der Waals surface area contributed by atoms with Crippen molar-refractivity contribution >= 4 is 17.3 Å². The monoisotopic (exact) mass is 253 g/mol. The molecule has 6 heteroatoms. The van der Waals surface area contributed by atoms with Crippen molar-refractivity contribution in [3.05, 3.63) is 23.5 Å². The fourth-order valence-corrected chi connectivity index (χ4v) is 2.15. The first-order valence-corrected chi connectivity index (χ1v) is 5.87. The van der Waals surface area contributed by atoms with E-state index in [1.807, 2.05) is 5.38 Å². The highest BCUT2D eigenvalue weighted by Gasteiger charge is 2.20. The Bertz CT molecular complexity index is 517. The molecule has 0 saturated heterocycles. The average molecular weight is 253 g/mol. The largest absolute Gasteiger partial charge is 0.496 e. The van der Waals surface area contributed by atoms with Crippen LogP contribution >= 0.6 is 11.3 Å². The molecule has 0 atom stereocenters. The molecular weight excluding hydrogens is 242 g/mol. The summed E-state index contributed by atoms with van der Waals surface area (Å²) in [7, 11) is 1.58. The van der Waals surface area contributed by atoms with Gasteiger partial charge in [0.25, 0.3) is 0 Å². The Morgan fingerprint density at radius 3 is 3.06 bits per heavy atom. The zero-order chi connectivity index (χ0) is 12.3. The number of ether oxygens (including phenoxy) is 2. The van der Waals surface area contributed by atoms with Gasteiger partial charge in [-0.05, 0) is 6.92 Å². The Morgan fingerprint density at radius 2 is 2.41 bits per heavy atom. The Kier molecular flexibility index (Phi) is 3.43. The van der Waals surface area contributed by atoms with Gasteiger partial charge in [0, 0.05) is 11.4 Å². The zero-order valence-electron chi connectivity index (χ0n) is 9.43. The van der Waals surface area contributed by atoms with Crippen LogP contribution in [0.25, 0.3) is 10.6 Å². The van der Waals surface area contributed by atoms with E-state index in [0.717, 1.165) is 10.6 Å². The lowest BCUT2D eigenvalue weighted by Crippen LogP contribution is -2.06. The highest BCUT2D eigenvalue weighted by Crippen LogP contribution is 2.33. The summed E-state index contributed by atoms with van der Waals surface area (Å²) in [5, 5.41) is 1.83. The zero-order valence-corrected chi connectivity index (χ0v) is 10.2. The minimum absolute atomic E-state index is 0.191. The Hall–Kier alpha value is -1.82. The quantitative estimate of drug-likeness (QED) is 0.784. The van der Waals surface area contributed by atoms with Crippen LogP contribution in [-0.4, -0.2) is 24.7 Å². The molecule has 0 fully saturated rings. The van der Waals surface area contributed by atoms with Crippen molar-refractivity contribution in [3.8, 4) is 16.4 Å². The second-order valence-corrected chi connectivity index (χ2v) is 4.01. The first-order valence-electron chi connectivity index (χ1n) is 4.99. The lowest BCUT2D eigenvalue weighted by molar-refractivity contribution is 0.0520. The number of thiophene rings is 1. The summed E-state index contributed by atoms with van der Waals surface area (Å²) < 4.78 is 15.2. The third kappa shape index (κ3) is 2.31. The minimum atomic E-state index is -0.483. The van der Waals surface area contributed by atoms with E-state index < -0.39 is 5.97 Å². The summed E-state index contributed by atoms with van der Waals surface area (Å²) in [6.07, 6.45) is 1.23. The van der Waals surface area contributed by atoms with Crippen molar-refractivity contribution in [3.63, 3.8) is 0 Å². The third-order valence-corrected chi connectivity index (χ3v) is 2.98. The van der Waals surface area contributed by atoms with E-state index in [4.69, 9.17) is 13.9 Å². The molecule has 0 radical (unpaired) electrons. The fraction of sp³-hybridized carbons (Fsp3) is 0.273. The highest BCUT2D eigenvalue weighted by molar-refractivity contribution is 7.13. The first-order chi connectivity index (χ1) is 8.26. The molecule has 0 amide bonds. The third-order valence-electron chi connectivity index (χ3n) is 2.07. The molecular formula is C11H11NO4S. The summed E-state index contributed by atoms with van der Waals surface area (Å²) in [4.78, 5) is 16.3. The molecule has 0 saturated carbocycles. The van der Waals surface area contributed by atoms with Gasteiger partial charge in [0.05, 0.1) is 18.6 Å². The van der Waals surface area contributed by atoms with E-state index in [1.165, 1.54) is 17.7 Å². The Labute approximate surface area is 102 Å². The van der Waals surface area contributed by atoms with Crippen molar-refractivity contribution in [1.29, 1.82) is 0 Å². The van der Waals surface area contributed by atoms with Crippen molar-refractivity contribution in [2.75, 3.05) is 13.7 Å². The van der Waals surface area contributed by atoms with Crippen LogP contribution in [0, 0.1) is 0 Å². The maximum absolute atomic E-state index is 11.6. The molecule has 2 aromatic rings. The molecule has 0 aliphatic rings. The highest BCUT2D eigenvalue weighted by atomic mass is 32.1. The standard InChI is InChI=1S/C11H11NO4S/c1-3-15-11(13)9-10(16-6-12-9)8-4-7(14-2)5-17-8/h4-6H,3H2,1-2H3. The van der Waals surface area contributed by atoms with Gasteiger partial charge < -0.3 is 13.9 Å². The summed E-state index contributed by atoms with van der Waals surface area (Å²) in [5.74, 6) is 0.650. The molecule has 90 valence electrons. The van der Waals surface area contributed by atoms with Gasteiger partial charge in [-0.3, -0.25) is 0 Å². The molecule has 0 aliphatic heterocycles. The van der Waals surface area contributed by atoms with E-state index in [9.17, 15) is 4.79 Å². The number of esters is 1. The molecule has 0 aromatic carbocycles. The fourth-order valence-electron chi connectivity index (χ4n) is 1.31. The van der Waals surface area contributed by atoms with Gasteiger partial charge in [0.15, 0.2) is 17.8 Å². The SMILES string of the molecule is CCOC(=O)c1ncoc1-c1cc(OC)cs1. The number of hydrogen-bond donors (Lipinski definition) is 0. The summed E-state index contributed by atoms with van der Waals surface area (Å²) in [5.41, 5.74) is 0.191. The number of nitrogens with zero attached hydrogens (tertiary/aromatic N) is 1.